The highest BCUT2D eigenvalue weighted by Crippen LogP contribution is 2.18. The number of rotatable bonds is 8. The second kappa shape index (κ2) is 9.03. The predicted molar refractivity (Wildman–Crippen MR) is 97.7 cm³/mol. The summed E-state index contributed by atoms with van der Waals surface area (Å²) in [6, 6.07) is 11.6. The van der Waals surface area contributed by atoms with Crippen LogP contribution in [0, 0.1) is 6.92 Å². The van der Waals surface area contributed by atoms with Gasteiger partial charge in [-0.25, -0.2) is 4.98 Å². The number of anilines is 2. The maximum atomic E-state index is 12.7. The molecule has 1 aromatic heterocycles. The summed E-state index contributed by atoms with van der Waals surface area (Å²) in [4.78, 5) is 18.8. The number of nitrogens with zero attached hydrogens (tertiary/aromatic N) is 2. The molecule has 0 spiro atoms. The quantitative estimate of drug-likeness (QED) is 0.754. The number of aryl methyl sites for hydroxylation is 1. The van der Waals surface area contributed by atoms with E-state index < -0.39 is 0 Å². The highest BCUT2D eigenvalue weighted by Gasteiger charge is 2.16. The van der Waals surface area contributed by atoms with Crippen molar-refractivity contribution in [3.05, 3.63) is 53.7 Å². The van der Waals surface area contributed by atoms with Crippen LogP contribution in [0.4, 0.5) is 11.5 Å². The van der Waals surface area contributed by atoms with E-state index in [1.807, 2.05) is 50.2 Å². The van der Waals surface area contributed by atoms with E-state index in [0.717, 1.165) is 30.0 Å². The Balaban J connectivity index is 2.05. The molecule has 0 bridgehead atoms. The van der Waals surface area contributed by atoms with Crippen LogP contribution in [-0.4, -0.2) is 37.7 Å². The van der Waals surface area contributed by atoms with E-state index >= 15 is 0 Å². The van der Waals surface area contributed by atoms with Gasteiger partial charge < -0.3 is 15.0 Å². The first-order valence-corrected chi connectivity index (χ1v) is 8.23. The molecule has 0 unspecified atom stereocenters. The molecule has 0 atom stereocenters. The molecule has 5 heteroatoms. The number of carbonyl (C=O) groups is 1. The SMILES string of the molecule is CCN(C(=O)c1ccc(NCCCOC)nc1)c1cccc(C)c1. The largest absolute Gasteiger partial charge is 0.385 e. The van der Waals surface area contributed by atoms with Crippen molar-refractivity contribution in [3.8, 4) is 0 Å². The van der Waals surface area contributed by atoms with Crippen LogP contribution in [0.15, 0.2) is 42.6 Å². The zero-order chi connectivity index (χ0) is 17.4. The lowest BCUT2D eigenvalue weighted by molar-refractivity contribution is 0.0988. The van der Waals surface area contributed by atoms with Crippen molar-refractivity contribution < 1.29 is 9.53 Å². The van der Waals surface area contributed by atoms with E-state index in [2.05, 4.69) is 10.3 Å². The molecule has 0 aliphatic heterocycles. The first kappa shape index (κ1) is 17.9. The molecule has 1 N–H and O–H groups in total. The summed E-state index contributed by atoms with van der Waals surface area (Å²) in [7, 11) is 1.69. The van der Waals surface area contributed by atoms with Gasteiger partial charge in [-0.1, -0.05) is 12.1 Å². The molecule has 0 saturated carbocycles. The summed E-state index contributed by atoms with van der Waals surface area (Å²) < 4.78 is 5.01. The minimum Gasteiger partial charge on any atom is -0.385 e. The van der Waals surface area contributed by atoms with E-state index in [-0.39, 0.29) is 5.91 Å². The predicted octanol–water partition coefficient (Wildman–Crippen LogP) is 3.51. The number of carbonyl (C=O) groups excluding carboxylic acids is 1. The molecule has 2 rings (SSSR count). The summed E-state index contributed by atoms with van der Waals surface area (Å²) in [5, 5.41) is 3.21. The molecule has 1 heterocycles. The number of benzene rings is 1. The number of pyridine rings is 1. The van der Waals surface area contributed by atoms with Crippen LogP contribution in [0.5, 0.6) is 0 Å². The summed E-state index contributed by atoms with van der Waals surface area (Å²) in [5.41, 5.74) is 2.62. The second-order valence-corrected chi connectivity index (χ2v) is 5.59. The minimum atomic E-state index is -0.0402. The molecule has 0 aliphatic rings. The first-order valence-electron chi connectivity index (χ1n) is 8.23. The molecule has 128 valence electrons. The second-order valence-electron chi connectivity index (χ2n) is 5.59. The number of hydrogen-bond acceptors (Lipinski definition) is 4. The zero-order valence-electron chi connectivity index (χ0n) is 14.6. The van der Waals surface area contributed by atoms with Crippen molar-refractivity contribution in [2.45, 2.75) is 20.3 Å². The van der Waals surface area contributed by atoms with Gasteiger partial charge in [0.15, 0.2) is 0 Å². The lowest BCUT2D eigenvalue weighted by Crippen LogP contribution is -2.30. The van der Waals surface area contributed by atoms with Crippen LogP contribution in [0.3, 0.4) is 0 Å². The Hall–Kier alpha value is -2.40. The molecule has 5 nitrogen and oxygen atoms in total. The molecule has 0 radical (unpaired) electrons. The maximum Gasteiger partial charge on any atom is 0.259 e. The van der Waals surface area contributed by atoms with Crippen molar-refractivity contribution in [2.24, 2.45) is 0 Å². The third kappa shape index (κ3) is 4.80. The van der Waals surface area contributed by atoms with Crippen molar-refractivity contribution >= 4 is 17.4 Å². The molecule has 1 amide bonds. The Morgan fingerprint density at radius 3 is 2.75 bits per heavy atom. The topological polar surface area (TPSA) is 54.5 Å². The summed E-state index contributed by atoms with van der Waals surface area (Å²) in [5.74, 6) is 0.725. The fraction of sp³-hybridized carbons (Fsp3) is 0.368. The Morgan fingerprint density at radius 1 is 1.29 bits per heavy atom. The summed E-state index contributed by atoms with van der Waals surface area (Å²) in [6.45, 7) is 6.11. The van der Waals surface area contributed by atoms with Crippen LogP contribution in [-0.2, 0) is 4.74 Å². The Kier molecular flexibility index (Phi) is 6.75. The lowest BCUT2D eigenvalue weighted by atomic mass is 10.2. The number of nitrogens with one attached hydrogen (secondary N) is 1. The smallest absolute Gasteiger partial charge is 0.259 e. The van der Waals surface area contributed by atoms with Crippen LogP contribution in [0.2, 0.25) is 0 Å². The normalized spacial score (nSPS) is 10.5. The zero-order valence-corrected chi connectivity index (χ0v) is 14.6. The average molecular weight is 327 g/mol. The number of hydrogen-bond donors (Lipinski definition) is 1. The van der Waals surface area contributed by atoms with Gasteiger partial charge in [0, 0.05) is 38.7 Å². The fourth-order valence-electron chi connectivity index (χ4n) is 2.45. The van der Waals surface area contributed by atoms with Gasteiger partial charge in [0.25, 0.3) is 5.91 Å². The van der Waals surface area contributed by atoms with E-state index in [1.165, 1.54) is 0 Å². The lowest BCUT2D eigenvalue weighted by Gasteiger charge is -2.21. The molecule has 0 fully saturated rings. The van der Waals surface area contributed by atoms with Crippen LogP contribution in [0.25, 0.3) is 0 Å². The van der Waals surface area contributed by atoms with Crippen molar-refractivity contribution in [1.82, 2.24) is 4.98 Å². The summed E-state index contributed by atoms with van der Waals surface area (Å²) in [6.07, 6.45) is 2.54. The third-order valence-corrected chi connectivity index (χ3v) is 3.72. The van der Waals surface area contributed by atoms with Gasteiger partial charge in [-0.15, -0.1) is 0 Å². The van der Waals surface area contributed by atoms with Crippen molar-refractivity contribution in [2.75, 3.05) is 37.0 Å². The van der Waals surface area contributed by atoms with Crippen molar-refractivity contribution in [3.63, 3.8) is 0 Å². The highest BCUT2D eigenvalue weighted by molar-refractivity contribution is 6.06. The molecular weight excluding hydrogens is 302 g/mol. The van der Waals surface area contributed by atoms with Crippen LogP contribution in [0.1, 0.15) is 29.3 Å². The number of methoxy groups -OCH3 is 1. The van der Waals surface area contributed by atoms with Gasteiger partial charge in [0.05, 0.1) is 5.56 Å². The first-order chi connectivity index (χ1) is 11.7. The number of ether oxygens (including phenoxy) is 1. The van der Waals surface area contributed by atoms with Gasteiger partial charge in [-0.2, -0.15) is 0 Å². The average Bonchev–Trinajstić information content (AvgIpc) is 2.60. The van der Waals surface area contributed by atoms with Gasteiger partial charge in [-0.05, 0) is 50.1 Å². The number of amides is 1. The fourth-order valence-corrected chi connectivity index (χ4v) is 2.45. The molecule has 2 aromatic rings. The Morgan fingerprint density at radius 2 is 2.12 bits per heavy atom. The molecule has 0 aliphatic carbocycles. The van der Waals surface area contributed by atoms with Gasteiger partial charge in [0.1, 0.15) is 5.82 Å². The van der Waals surface area contributed by atoms with Gasteiger partial charge in [-0.3, -0.25) is 4.79 Å². The van der Waals surface area contributed by atoms with E-state index in [1.54, 1.807) is 18.2 Å². The summed E-state index contributed by atoms with van der Waals surface area (Å²) >= 11 is 0. The van der Waals surface area contributed by atoms with Crippen molar-refractivity contribution in [1.29, 1.82) is 0 Å². The van der Waals surface area contributed by atoms with E-state index in [0.29, 0.717) is 18.7 Å². The van der Waals surface area contributed by atoms with Gasteiger partial charge >= 0.3 is 0 Å². The Labute approximate surface area is 143 Å². The molecule has 24 heavy (non-hydrogen) atoms. The maximum absolute atomic E-state index is 12.7. The van der Waals surface area contributed by atoms with Crippen LogP contribution >= 0.6 is 0 Å². The Bertz CT molecular complexity index is 656. The van der Waals surface area contributed by atoms with Gasteiger partial charge in [0.2, 0.25) is 0 Å². The van der Waals surface area contributed by atoms with E-state index in [4.69, 9.17) is 4.74 Å². The standard InChI is InChI=1S/C19H25N3O2/c1-4-22(17-8-5-7-15(2)13-17)19(23)16-9-10-18(21-14-16)20-11-6-12-24-3/h5,7-10,13-14H,4,6,11-12H2,1-3H3,(H,20,21). The molecular formula is C19H25N3O2. The monoisotopic (exact) mass is 327 g/mol. The highest BCUT2D eigenvalue weighted by atomic mass is 16.5. The minimum absolute atomic E-state index is 0.0402. The molecule has 1 aromatic carbocycles. The van der Waals surface area contributed by atoms with E-state index in [9.17, 15) is 4.79 Å². The number of aromatic nitrogens is 1. The molecule has 0 saturated heterocycles. The third-order valence-electron chi connectivity index (χ3n) is 3.72. The van der Waals surface area contributed by atoms with Crippen LogP contribution < -0.4 is 10.2 Å².